The molecule has 32 heavy (non-hydrogen) atoms. The van der Waals surface area contributed by atoms with Crippen LogP contribution in [0.15, 0.2) is 18.2 Å². The third kappa shape index (κ3) is 4.33. The molecular formula is C25H34N4O3. The van der Waals surface area contributed by atoms with Crippen LogP contribution in [0.5, 0.6) is 0 Å². The second-order valence-corrected chi connectivity index (χ2v) is 9.98. The molecule has 1 atom stereocenters. The van der Waals surface area contributed by atoms with Gasteiger partial charge in [-0.3, -0.25) is 9.59 Å². The highest BCUT2D eigenvalue weighted by Gasteiger charge is 2.50. The molecule has 2 saturated heterocycles. The number of aliphatic hydroxyl groups is 1. The Kier molecular flexibility index (Phi) is 6.43. The number of likely N-dealkylation sites (tertiary alicyclic amines) is 1. The van der Waals surface area contributed by atoms with E-state index in [2.05, 4.69) is 20.0 Å². The van der Waals surface area contributed by atoms with Gasteiger partial charge in [0, 0.05) is 43.0 Å². The number of piperidine rings is 1. The van der Waals surface area contributed by atoms with Crippen molar-refractivity contribution < 1.29 is 14.7 Å². The minimum absolute atomic E-state index is 0.0718. The molecule has 1 aromatic rings. The molecule has 2 aliphatic heterocycles. The molecule has 3 fully saturated rings. The van der Waals surface area contributed by atoms with Crippen LogP contribution in [0.3, 0.4) is 0 Å². The molecule has 2 N–H and O–H groups in total. The van der Waals surface area contributed by atoms with Crippen molar-refractivity contribution in [1.82, 2.24) is 4.90 Å². The number of nitrogens with one attached hydrogen (secondary N) is 1. The summed E-state index contributed by atoms with van der Waals surface area (Å²) >= 11 is 0. The number of aliphatic hydroxyl groups excluding tert-OH is 1. The Morgan fingerprint density at radius 3 is 2.66 bits per heavy atom. The van der Waals surface area contributed by atoms with Crippen LogP contribution in [0.1, 0.15) is 58.8 Å². The number of anilines is 2. The molecule has 3 aliphatic rings. The smallest absolute Gasteiger partial charge is 0.230 e. The summed E-state index contributed by atoms with van der Waals surface area (Å²) in [7, 11) is 0. The first kappa shape index (κ1) is 22.6. The number of nitrogens with zero attached hydrogens (tertiary/aromatic N) is 3. The van der Waals surface area contributed by atoms with Crippen molar-refractivity contribution >= 4 is 28.9 Å². The van der Waals surface area contributed by atoms with Crippen molar-refractivity contribution in [3.63, 3.8) is 0 Å². The first-order chi connectivity index (χ1) is 15.3. The quantitative estimate of drug-likeness (QED) is 0.698. The van der Waals surface area contributed by atoms with E-state index in [1.807, 2.05) is 26.0 Å². The highest BCUT2D eigenvalue weighted by atomic mass is 16.3. The maximum absolute atomic E-state index is 13.6. The average Bonchev–Trinajstić information content (AvgIpc) is 3.09. The van der Waals surface area contributed by atoms with E-state index in [9.17, 15) is 14.7 Å². The molecule has 1 aliphatic carbocycles. The third-order valence-corrected chi connectivity index (χ3v) is 7.46. The summed E-state index contributed by atoms with van der Waals surface area (Å²) in [4.78, 5) is 33.6. The lowest BCUT2D eigenvalue weighted by Gasteiger charge is -2.42. The van der Waals surface area contributed by atoms with E-state index in [0.717, 1.165) is 63.7 Å². The number of hydrogen-bond acceptors (Lipinski definition) is 4. The number of hydrogen-bond donors (Lipinski definition) is 2. The van der Waals surface area contributed by atoms with Gasteiger partial charge in [-0.25, -0.2) is 4.85 Å². The van der Waals surface area contributed by atoms with Crippen molar-refractivity contribution in [1.29, 1.82) is 0 Å². The van der Waals surface area contributed by atoms with Gasteiger partial charge < -0.3 is 20.2 Å². The predicted octanol–water partition coefficient (Wildman–Crippen LogP) is 3.95. The normalized spacial score (nSPS) is 28.3. The zero-order valence-electron chi connectivity index (χ0n) is 19.1. The van der Waals surface area contributed by atoms with Crippen molar-refractivity contribution in [2.24, 2.45) is 11.3 Å². The summed E-state index contributed by atoms with van der Waals surface area (Å²) in [6, 6.07) is 5.74. The van der Waals surface area contributed by atoms with Gasteiger partial charge in [-0.05, 0) is 63.1 Å². The first-order valence-corrected chi connectivity index (χ1v) is 11.9. The minimum Gasteiger partial charge on any atom is -0.393 e. The summed E-state index contributed by atoms with van der Waals surface area (Å²) in [6.45, 7) is 13.6. The molecule has 2 amide bonds. The van der Waals surface area contributed by atoms with Crippen LogP contribution in [0.2, 0.25) is 0 Å². The molecule has 1 saturated carbocycles. The number of rotatable bonds is 4. The highest BCUT2D eigenvalue weighted by molar-refractivity contribution is 5.93. The Labute approximate surface area is 190 Å². The molecule has 7 heteroatoms. The van der Waals surface area contributed by atoms with Crippen molar-refractivity contribution in [2.45, 2.75) is 70.9 Å². The molecule has 4 rings (SSSR count). The van der Waals surface area contributed by atoms with Crippen LogP contribution in [0.25, 0.3) is 4.85 Å². The van der Waals surface area contributed by atoms with Crippen LogP contribution < -0.4 is 10.2 Å². The minimum atomic E-state index is -0.377. The Hall–Kier alpha value is -2.59. The largest absolute Gasteiger partial charge is 0.393 e. The molecule has 1 spiro atoms. The summed E-state index contributed by atoms with van der Waals surface area (Å²) in [6.07, 6.45) is 5.79. The topological polar surface area (TPSA) is 77.2 Å². The lowest BCUT2D eigenvalue weighted by atomic mass is 9.78. The number of carbonyl (C=O) groups excluding carboxylic acids is 2. The van der Waals surface area contributed by atoms with Gasteiger partial charge in [-0.2, -0.15) is 0 Å². The van der Waals surface area contributed by atoms with Gasteiger partial charge in [0.05, 0.1) is 18.1 Å². The van der Waals surface area contributed by atoms with E-state index >= 15 is 0 Å². The van der Waals surface area contributed by atoms with Gasteiger partial charge in [-0.1, -0.05) is 13.8 Å². The zero-order valence-corrected chi connectivity index (χ0v) is 19.1. The predicted molar refractivity (Wildman–Crippen MR) is 125 cm³/mol. The summed E-state index contributed by atoms with van der Waals surface area (Å²) in [5, 5.41) is 12.7. The molecular weight excluding hydrogens is 404 g/mol. The monoisotopic (exact) mass is 438 g/mol. The van der Waals surface area contributed by atoms with Gasteiger partial charge in [0.1, 0.15) is 0 Å². The van der Waals surface area contributed by atoms with Crippen molar-refractivity contribution in [3.05, 3.63) is 29.6 Å². The van der Waals surface area contributed by atoms with E-state index in [0.29, 0.717) is 17.9 Å². The lowest BCUT2D eigenvalue weighted by Crippen LogP contribution is -2.50. The summed E-state index contributed by atoms with van der Waals surface area (Å²) in [5.74, 6) is 0.0584. The number of benzene rings is 1. The van der Waals surface area contributed by atoms with E-state index in [1.54, 1.807) is 6.07 Å². The van der Waals surface area contributed by atoms with E-state index in [-0.39, 0.29) is 35.3 Å². The third-order valence-electron chi connectivity index (χ3n) is 7.46. The van der Waals surface area contributed by atoms with Crippen LogP contribution in [0.4, 0.5) is 17.1 Å². The zero-order chi connectivity index (χ0) is 22.9. The molecule has 0 aromatic heterocycles. The summed E-state index contributed by atoms with van der Waals surface area (Å²) in [5.41, 5.74) is 1.60. The Morgan fingerprint density at radius 1 is 1.22 bits per heavy atom. The Bertz CT molecular complexity index is 916. The van der Waals surface area contributed by atoms with Crippen molar-refractivity contribution in [3.8, 4) is 0 Å². The van der Waals surface area contributed by atoms with Crippen LogP contribution in [0, 0.1) is 17.9 Å². The Balaban J connectivity index is 1.50. The molecule has 1 aromatic carbocycles. The molecule has 2 heterocycles. The SMILES string of the molecule is [C-]#[N+]c1cc(NC(=O)C(C)C)ccc1N1CCC[C@@]2(CCN(C3CCC(O)CC3)C2=O)C1. The fourth-order valence-electron chi connectivity index (χ4n) is 5.53. The molecule has 7 nitrogen and oxygen atoms in total. The van der Waals surface area contributed by atoms with Gasteiger partial charge in [0.25, 0.3) is 0 Å². The lowest BCUT2D eigenvalue weighted by molar-refractivity contribution is -0.139. The second kappa shape index (κ2) is 9.11. The van der Waals surface area contributed by atoms with Gasteiger partial charge >= 0.3 is 0 Å². The molecule has 0 unspecified atom stereocenters. The fraction of sp³-hybridized carbons (Fsp3) is 0.640. The summed E-state index contributed by atoms with van der Waals surface area (Å²) < 4.78 is 0. The van der Waals surface area contributed by atoms with E-state index in [4.69, 9.17) is 6.57 Å². The average molecular weight is 439 g/mol. The van der Waals surface area contributed by atoms with Crippen LogP contribution >= 0.6 is 0 Å². The van der Waals surface area contributed by atoms with Gasteiger partial charge in [0.2, 0.25) is 17.5 Å². The molecule has 0 radical (unpaired) electrons. The molecule has 172 valence electrons. The maximum atomic E-state index is 13.6. The Morgan fingerprint density at radius 2 is 1.97 bits per heavy atom. The number of amides is 2. The van der Waals surface area contributed by atoms with Gasteiger partial charge in [0.15, 0.2) is 0 Å². The highest BCUT2D eigenvalue weighted by Crippen LogP contribution is 2.45. The van der Waals surface area contributed by atoms with Gasteiger partial charge in [-0.15, -0.1) is 0 Å². The first-order valence-electron chi connectivity index (χ1n) is 11.9. The van der Waals surface area contributed by atoms with Crippen LogP contribution in [-0.4, -0.2) is 53.6 Å². The number of carbonyl (C=O) groups is 2. The standard InChI is InChI=1S/C25H34N4O3/c1-17(2)23(31)27-18-5-10-22(21(15-18)26-3)28-13-4-11-25(16-28)12-14-29(24(25)32)19-6-8-20(30)9-7-19/h5,10,15,17,19-20,30H,4,6-9,11-14,16H2,1-2H3,(H,27,31)/t19?,20?,25-/m1/s1. The second-order valence-electron chi connectivity index (χ2n) is 9.98. The fourth-order valence-corrected chi connectivity index (χ4v) is 5.53. The molecule has 0 bridgehead atoms. The van der Waals surface area contributed by atoms with E-state index in [1.165, 1.54) is 0 Å². The van der Waals surface area contributed by atoms with E-state index < -0.39 is 0 Å². The van der Waals surface area contributed by atoms with Crippen LogP contribution in [-0.2, 0) is 9.59 Å². The van der Waals surface area contributed by atoms with Crippen molar-refractivity contribution in [2.75, 3.05) is 29.9 Å². The maximum Gasteiger partial charge on any atom is 0.230 e.